The molecule has 130 valence electrons. The van der Waals surface area contributed by atoms with E-state index >= 15 is 0 Å². The molecule has 1 amide bonds. The lowest BCUT2D eigenvalue weighted by Gasteiger charge is -2.07. The number of carbonyl (C=O) groups excluding carboxylic acids is 1. The summed E-state index contributed by atoms with van der Waals surface area (Å²) < 4.78 is 5.20. The molecular weight excluding hydrogens is 334 g/mol. The standard InChI is InChI=1S/C19H21N3O2S/c1-13-5-3-4-6-14(13)9-10-20-18(23)12-25-19-21-16-8-7-15(24-2)11-17(16)22-19/h3-8,11H,9-10,12H2,1-2H3,(H,20,23)(H,21,22). The third-order valence-electron chi connectivity index (χ3n) is 3.99. The number of aromatic amines is 1. The second-order valence-electron chi connectivity index (χ2n) is 5.74. The third kappa shape index (κ3) is 4.54. The van der Waals surface area contributed by atoms with Gasteiger partial charge in [0.1, 0.15) is 5.75 Å². The van der Waals surface area contributed by atoms with E-state index in [1.807, 2.05) is 30.3 Å². The van der Waals surface area contributed by atoms with Crippen LogP contribution in [0.15, 0.2) is 47.6 Å². The summed E-state index contributed by atoms with van der Waals surface area (Å²) in [4.78, 5) is 19.7. The molecule has 3 rings (SSSR count). The van der Waals surface area contributed by atoms with Crippen LogP contribution in [0.3, 0.4) is 0 Å². The van der Waals surface area contributed by atoms with Gasteiger partial charge in [0.15, 0.2) is 5.16 Å². The largest absolute Gasteiger partial charge is 0.497 e. The Morgan fingerprint density at radius 1 is 1.28 bits per heavy atom. The van der Waals surface area contributed by atoms with Crippen molar-refractivity contribution in [2.24, 2.45) is 0 Å². The van der Waals surface area contributed by atoms with E-state index < -0.39 is 0 Å². The van der Waals surface area contributed by atoms with Gasteiger partial charge in [-0.3, -0.25) is 4.79 Å². The summed E-state index contributed by atoms with van der Waals surface area (Å²) >= 11 is 1.40. The molecule has 1 aromatic heterocycles. The Morgan fingerprint density at radius 3 is 2.92 bits per heavy atom. The molecule has 0 spiro atoms. The molecule has 0 saturated carbocycles. The smallest absolute Gasteiger partial charge is 0.230 e. The van der Waals surface area contributed by atoms with Gasteiger partial charge in [0, 0.05) is 12.6 Å². The van der Waals surface area contributed by atoms with E-state index in [-0.39, 0.29) is 5.91 Å². The van der Waals surface area contributed by atoms with Crippen molar-refractivity contribution in [1.82, 2.24) is 15.3 Å². The zero-order chi connectivity index (χ0) is 17.6. The van der Waals surface area contributed by atoms with Gasteiger partial charge in [0.25, 0.3) is 0 Å². The van der Waals surface area contributed by atoms with E-state index in [1.165, 1.54) is 22.9 Å². The quantitative estimate of drug-likeness (QED) is 0.638. The number of fused-ring (bicyclic) bond motifs is 1. The van der Waals surface area contributed by atoms with Gasteiger partial charge < -0.3 is 15.0 Å². The first-order chi connectivity index (χ1) is 12.2. The van der Waals surface area contributed by atoms with E-state index in [9.17, 15) is 4.79 Å². The van der Waals surface area contributed by atoms with Crippen molar-refractivity contribution < 1.29 is 9.53 Å². The average Bonchev–Trinajstić information content (AvgIpc) is 3.03. The Morgan fingerprint density at radius 2 is 2.12 bits per heavy atom. The van der Waals surface area contributed by atoms with Crippen LogP contribution in [-0.2, 0) is 11.2 Å². The Balaban J connectivity index is 1.48. The second-order valence-corrected chi connectivity index (χ2v) is 6.70. The summed E-state index contributed by atoms with van der Waals surface area (Å²) in [7, 11) is 1.63. The number of aryl methyl sites for hydroxylation is 1. The van der Waals surface area contributed by atoms with Crippen molar-refractivity contribution in [2.75, 3.05) is 19.4 Å². The van der Waals surface area contributed by atoms with Crippen LogP contribution in [0, 0.1) is 6.92 Å². The number of benzene rings is 2. The van der Waals surface area contributed by atoms with Crippen LogP contribution in [0.1, 0.15) is 11.1 Å². The number of H-pyrrole nitrogens is 1. The maximum Gasteiger partial charge on any atom is 0.230 e. The molecule has 0 radical (unpaired) electrons. The number of carbonyl (C=O) groups is 1. The summed E-state index contributed by atoms with van der Waals surface area (Å²) in [6.07, 6.45) is 0.841. The molecule has 0 aliphatic heterocycles. The highest BCUT2D eigenvalue weighted by Crippen LogP contribution is 2.22. The van der Waals surface area contributed by atoms with Crippen LogP contribution >= 0.6 is 11.8 Å². The predicted molar refractivity (Wildman–Crippen MR) is 101 cm³/mol. The molecule has 6 heteroatoms. The lowest BCUT2D eigenvalue weighted by molar-refractivity contribution is -0.118. The summed E-state index contributed by atoms with van der Waals surface area (Å²) in [6.45, 7) is 2.73. The number of hydrogen-bond donors (Lipinski definition) is 2. The van der Waals surface area contributed by atoms with Gasteiger partial charge in [0.05, 0.1) is 23.9 Å². The van der Waals surface area contributed by atoms with Gasteiger partial charge in [-0.1, -0.05) is 36.0 Å². The summed E-state index contributed by atoms with van der Waals surface area (Å²) in [5.41, 5.74) is 4.29. The summed E-state index contributed by atoms with van der Waals surface area (Å²) in [6, 6.07) is 13.9. The summed E-state index contributed by atoms with van der Waals surface area (Å²) in [5.74, 6) is 1.13. The SMILES string of the molecule is COc1ccc2nc(SCC(=O)NCCc3ccccc3C)[nH]c2c1. The number of methoxy groups -OCH3 is 1. The molecule has 1 heterocycles. The van der Waals surface area contributed by atoms with E-state index in [1.54, 1.807) is 7.11 Å². The van der Waals surface area contributed by atoms with Crippen LogP contribution in [0.4, 0.5) is 0 Å². The van der Waals surface area contributed by atoms with Crippen molar-refractivity contribution >= 4 is 28.7 Å². The number of hydrogen-bond acceptors (Lipinski definition) is 4. The topological polar surface area (TPSA) is 67.0 Å². The first-order valence-electron chi connectivity index (χ1n) is 8.13. The van der Waals surface area contributed by atoms with Crippen molar-refractivity contribution in [3.05, 3.63) is 53.6 Å². The molecule has 0 unspecified atom stereocenters. The maximum atomic E-state index is 12.0. The Hall–Kier alpha value is -2.47. The van der Waals surface area contributed by atoms with Crippen LogP contribution in [0.25, 0.3) is 11.0 Å². The normalized spacial score (nSPS) is 10.8. The Labute approximate surface area is 151 Å². The molecule has 2 N–H and O–H groups in total. The Bertz CT molecular complexity index is 876. The molecule has 0 fully saturated rings. The predicted octanol–water partition coefficient (Wildman–Crippen LogP) is 3.33. The monoisotopic (exact) mass is 355 g/mol. The number of nitrogens with zero attached hydrogens (tertiary/aromatic N) is 1. The molecule has 0 saturated heterocycles. The first-order valence-corrected chi connectivity index (χ1v) is 9.12. The minimum atomic E-state index is 0.0108. The molecule has 0 aliphatic carbocycles. The minimum Gasteiger partial charge on any atom is -0.497 e. The lowest BCUT2D eigenvalue weighted by Crippen LogP contribution is -2.27. The number of amides is 1. The number of thioether (sulfide) groups is 1. The van der Waals surface area contributed by atoms with Crippen LogP contribution in [0.5, 0.6) is 5.75 Å². The van der Waals surface area contributed by atoms with E-state index in [0.29, 0.717) is 12.3 Å². The van der Waals surface area contributed by atoms with Crippen molar-refractivity contribution in [3.8, 4) is 5.75 Å². The zero-order valence-corrected chi connectivity index (χ0v) is 15.2. The number of ether oxygens (including phenoxy) is 1. The van der Waals surface area contributed by atoms with Crippen LogP contribution < -0.4 is 10.1 Å². The van der Waals surface area contributed by atoms with Crippen LogP contribution in [-0.4, -0.2) is 35.3 Å². The number of rotatable bonds is 7. The van der Waals surface area contributed by atoms with Gasteiger partial charge >= 0.3 is 0 Å². The Kier molecular flexibility index (Phi) is 5.60. The number of nitrogens with one attached hydrogen (secondary N) is 2. The third-order valence-corrected chi connectivity index (χ3v) is 4.86. The van der Waals surface area contributed by atoms with Gasteiger partial charge in [0.2, 0.25) is 5.91 Å². The molecular formula is C19H21N3O2S. The van der Waals surface area contributed by atoms with Crippen molar-refractivity contribution in [3.63, 3.8) is 0 Å². The van der Waals surface area contributed by atoms with E-state index in [0.717, 1.165) is 28.4 Å². The first kappa shape index (κ1) is 17.4. The molecule has 0 aliphatic rings. The fraction of sp³-hybridized carbons (Fsp3) is 0.263. The molecule has 0 bridgehead atoms. The molecule has 2 aromatic carbocycles. The minimum absolute atomic E-state index is 0.0108. The lowest BCUT2D eigenvalue weighted by atomic mass is 10.1. The van der Waals surface area contributed by atoms with E-state index in [4.69, 9.17) is 4.74 Å². The van der Waals surface area contributed by atoms with Crippen LogP contribution in [0.2, 0.25) is 0 Å². The highest BCUT2D eigenvalue weighted by atomic mass is 32.2. The number of imidazole rings is 1. The second kappa shape index (κ2) is 8.07. The molecule has 3 aromatic rings. The van der Waals surface area contributed by atoms with Gasteiger partial charge in [-0.05, 0) is 36.6 Å². The van der Waals surface area contributed by atoms with Gasteiger partial charge in [-0.15, -0.1) is 0 Å². The van der Waals surface area contributed by atoms with Crippen molar-refractivity contribution in [2.45, 2.75) is 18.5 Å². The van der Waals surface area contributed by atoms with Gasteiger partial charge in [-0.25, -0.2) is 4.98 Å². The fourth-order valence-electron chi connectivity index (χ4n) is 2.57. The summed E-state index contributed by atoms with van der Waals surface area (Å²) in [5, 5.41) is 3.69. The molecule has 5 nitrogen and oxygen atoms in total. The highest BCUT2D eigenvalue weighted by molar-refractivity contribution is 7.99. The average molecular weight is 355 g/mol. The zero-order valence-electron chi connectivity index (χ0n) is 14.3. The fourth-order valence-corrected chi connectivity index (χ4v) is 3.29. The van der Waals surface area contributed by atoms with Crippen molar-refractivity contribution in [1.29, 1.82) is 0 Å². The highest BCUT2D eigenvalue weighted by Gasteiger charge is 2.08. The van der Waals surface area contributed by atoms with E-state index in [2.05, 4.69) is 34.3 Å². The van der Waals surface area contributed by atoms with Gasteiger partial charge in [-0.2, -0.15) is 0 Å². The number of aromatic nitrogens is 2. The molecule has 25 heavy (non-hydrogen) atoms. The maximum absolute atomic E-state index is 12.0. The molecule has 0 atom stereocenters.